The Labute approximate surface area is 106 Å². The van der Waals surface area contributed by atoms with Gasteiger partial charge in [0.1, 0.15) is 6.10 Å². The number of amides is 1. The van der Waals surface area contributed by atoms with Crippen LogP contribution in [-0.2, 0) is 16.1 Å². The predicted molar refractivity (Wildman–Crippen MR) is 67.9 cm³/mol. The molecule has 1 aromatic rings. The minimum absolute atomic E-state index is 0.00970. The van der Waals surface area contributed by atoms with Gasteiger partial charge in [-0.25, -0.2) is 0 Å². The van der Waals surface area contributed by atoms with Gasteiger partial charge in [-0.05, 0) is 30.5 Å². The molecule has 0 bridgehead atoms. The van der Waals surface area contributed by atoms with E-state index in [1.165, 1.54) is 0 Å². The molecule has 1 fully saturated rings. The van der Waals surface area contributed by atoms with Gasteiger partial charge >= 0.3 is 0 Å². The molecule has 2 atom stereocenters. The predicted octanol–water partition coefficient (Wildman–Crippen LogP) is 0.624. The summed E-state index contributed by atoms with van der Waals surface area (Å²) in [6.07, 6.45) is 1.10. The molecule has 0 radical (unpaired) electrons. The highest BCUT2D eigenvalue weighted by molar-refractivity contribution is 5.94. The molecule has 1 aliphatic heterocycles. The Bertz CT molecular complexity index is 422. The van der Waals surface area contributed by atoms with Crippen molar-refractivity contribution in [3.63, 3.8) is 0 Å². The molecule has 0 aromatic heterocycles. The fraction of sp³-hybridized carbons (Fsp3) is 0.462. The number of carbonyl (C=O) groups excluding carboxylic acids is 1. The molecule has 1 amide bonds. The fourth-order valence-electron chi connectivity index (χ4n) is 2.04. The van der Waals surface area contributed by atoms with Crippen LogP contribution >= 0.6 is 0 Å². The van der Waals surface area contributed by atoms with Gasteiger partial charge in [0.05, 0.1) is 12.7 Å². The average Bonchev–Trinajstić information content (AvgIpc) is 2.88. The van der Waals surface area contributed by atoms with Gasteiger partial charge in [0, 0.05) is 12.2 Å². The van der Waals surface area contributed by atoms with Crippen LogP contribution in [0.3, 0.4) is 0 Å². The lowest BCUT2D eigenvalue weighted by Crippen LogP contribution is -2.29. The average molecular weight is 250 g/mol. The molecule has 2 unspecified atom stereocenters. The normalized spacial score (nSPS) is 23.0. The Morgan fingerprint density at radius 2 is 2.33 bits per heavy atom. The molecule has 1 heterocycles. The van der Waals surface area contributed by atoms with Crippen LogP contribution in [0.2, 0.25) is 0 Å². The first-order valence-corrected chi connectivity index (χ1v) is 6.09. The van der Waals surface area contributed by atoms with E-state index in [4.69, 9.17) is 15.6 Å². The van der Waals surface area contributed by atoms with E-state index in [0.717, 1.165) is 12.0 Å². The summed E-state index contributed by atoms with van der Waals surface area (Å²) < 4.78 is 5.51. The van der Waals surface area contributed by atoms with Crippen molar-refractivity contribution in [2.24, 2.45) is 5.73 Å². The van der Waals surface area contributed by atoms with Crippen molar-refractivity contribution in [1.29, 1.82) is 0 Å². The molecular formula is C13H18N2O3. The highest BCUT2D eigenvalue weighted by atomic mass is 16.5. The van der Waals surface area contributed by atoms with Crippen LogP contribution in [0, 0.1) is 0 Å². The molecule has 4 N–H and O–H groups in total. The third-order valence-corrected chi connectivity index (χ3v) is 3.04. The number of hydrogen-bond donors (Lipinski definition) is 3. The zero-order chi connectivity index (χ0) is 13.0. The number of anilines is 1. The number of aliphatic hydroxyl groups excluding tert-OH is 1. The number of rotatable bonds is 4. The van der Waals surface area contributed by atoms with Crippen molar-refractivity contribution in [1.82, 2.24) is 0 Å². The molecule has 1 aromatic carbocycles. The number of nitrogens with two attached hydrogens (primary N) is 1. The van der Waals surface area contributed by atoms with Crippen LogP contribution in [0.1, 0.15) is 18.4 Å². The lowest BCUT2D eigenvalue weighted by molar-refractivity contribution is -0.126. The quantitative estimate of drug-likeness (QED) is 0.731. The van der Waals surface area contributed by atoms with Crippen molar-refractivity contribution in [2.45, 2.75) is 31.7 Å². The van der Waals surface area contributed by atoms with Crippen LogP contribution in [0.25, 0.3) is 0 Å². The second-order valence-electron chi connectivity index (χ2n) is 4.41. The number of benzene rings is 1. The monoisotopic (exact) mass is 250 g/mol. The highest BCUT2D eigenvalue weighted by Crippen LogP contribution is 2.20. The molecule has 0 spiro atoms. The summed E-state index contributed by atoms with van der Waals surface area (Å²) in [5.74, 6) is -0.152. The van der Waals surface area contributed by atoms with Crippen molar-refractivity contribution >= 4 is 11.6 Å². The first kappa shape index (κ1) is 13.0. The van der Waals surface area contributed by atoms with Gasteiger partial charge < -0.3 is 20.9 Å². The number of carbonyl (C=O) groups is 1. The highest BCUT2D eigenvalue weighted by Gasteiger charge is 2.29. The first-order valence-electron chi connectivity index (χ1n) is 6.09. The number of nitrogens with one attached hydrogen (secondary N) is 1. The van der Waals surface area contributed by atoms with Gasteiger partial charge in [-0.15, -0.1) is 0 Å². The van der Waals surface area contributed by atoms with Crippen molar-refractivity contribution in [3.8, 4) is 0 Å². The summed E-state index contributed by atoms with van der Waals surface area (Å²) in [6.45, 7) is 0.405. The Morgan fingerprint density at radius 1 is 1.50 bits per heavy atom. The standard InChI is InChI=1S/C13H18N2O3/c14-7-11-4-5-12(18-11)13(17)15-10-3-1-2-9(6-10)8-16/h1-3,6,11-12,16H,4-5,7-8,14H2,(H,15,17). The molecule has 0 aliphatic carbocycles. The van der Waals surface area contributed by atoms with Crippen LogP contribution in [-0.4, -0.2) is 29.8 Å². The summed E-state index contributed by atoms with van der Waals surface area (Å²) >= 11 is 0. The molecule has 1 aliphatic rings. The topological polar surface area (TPSA) is 84.6 Å². The summed E-state index contributed by atoms with van der Waals surface area (Å²) in [4.78, 5) is 11.9. The van der Waals surface area contributed by atoms with E-state index in [1.807, 2.05) is 0 Å². The van der Waals surface area contributed by atoms with Gasteiger partial charge in [-0.3, -0.25) is 4.79 Å². The van der Waals surface area contributed by atoms with Crippen molar-refractivity contribution < 1.29 is 14.6 Å². The Morgan fingerprint density at radius 3 is 3.00 bits per heavy atom. The first-order chi connectivity index (χ1) is 8.72. The van der Waals surface area contributed by atoms with E-state index < -0.39 is 6.10 Å². The molecule has 18 heavy (non-hydrogen) atoms. The summed E-state index contributed by atoms with van der Waals surface area (Å²) in [6, 6.07) is 7.12. The molecule has 98 valence electrons. The zero-order valence-corrected chi connectivity index (χ0v) is 10.1. The SMILES string of the molecule is NCC1CCC(C(=O)Nc2cccc(CO)c2)O1. The van der Waals surface area contributed by atoms with Crippen molar-refractivity contribution in [3.05, 3.63) is 29.8 Å². The van der Waals surface area contributed by atoms with Crippen LogP contribution in [0.15, 0.2) is 24.3 Å². The summed E-state index contributed by atoms with van der Waals surface area (Å²) in [7, 11) is 0. The number of ether oxygens (including phenoxy) is 1. The maximum atomic E-state index is 11.9. The molecular weight excluding hydrogens is 232 g/mol. The Hall–Kier alpha value is -1.43. The second kappa shape index (κ2) is 5.95. The molecule has 5 heteroatoms. The van der Waals surface area contributed by atoms with Crippen LogP contribution in [0.4, 0.5) is 5.69 Å². The van der Waals surface area contributed by atoms with Gasteiger partial charge in [-0.2, -0.15) is 0 Å². The minimum atomic E-state index is -0.420. The van der Waals surface area contributed by atoms with E-state index in [0.29, 0.717) is 18.7 Å². The molecule has 0 saturated carbocycles. The summed E-state index contributed by atoms with van der Waals surface area (Å²) in [5, 5.41) is 11.8. The van der Waals surface area contributed by atoms with Crippen molar-refractivity contribution in [2.75, 3.05) is 11.9 Å². The van der Waals surface area contributed by atoms with Gasteiger partial charge in [0.15, 0.2) is 0 Å². The minimum Gasteiger partial charge on any atom is -0.392 e. The second-order valence-corrected chi connectivity index (χ2v) is 4.41. The van der Waals surface area contributed by atoms with Gasteiger partial charge in [0.25, 0.3) is 5.91 Å². The van der Waals surface area contributed by atoms with E-state index in [2.05, 4.69) is 5.32 Å². The van der Waals surface area contributed by atoms with E-state index in [1.54, 1.807) is 24.3 Å². The molecule has 1 saturated heterocycles. The number of hydrogen-bond acceptors (Lipinski definition) is 4. The Kier molecular flexibility index (Phi) is 4.30. The summed E-state index contributed by atoms with van der Waals surface area (Å²) in [5.41, 5.74) is 6.94. The smallest absolute Gasteiger partial charge is 0.253 e. The lowest BCUT2D eigenvalue weighted by atomic mass is 10.1. The Balaban J connectivity index is 1.94. The van der Waals surface area contributed by atoms with Gasteiger partial charge in [-0.1, -0.05) is 12.1 Å². The zero-order valence-electron chi connectivity index (χ0n) is 10.1. The fourth-order valence-corrected chi connectivity index (χ4v) is 2.04. The third kappa shape index (κ3) is 3.07. The van der Waals surface area contributed by atoms with Crippen LogP contribution < -0.4 is 11.1 Å². The van der Waals surface area contributed by atoms with E-state index in [-0.39, 0.29) is 18.6 Å². The lowest BCUT2D eigenvalue weighted by Gasteiger charge is -2.13. The van der Waals surface area contributed by atoms with E-state index >= 15 is 0 Å². The third-order valence-electron chi connectivity index (χ3n) is 3.04. The largest absolute Gasteiger partial charge is 0.392 e. The molecule has 2 rings (SSSR count). The van der Waals surface area contributed by atoms with E-state index in [9.17, 15) is 4.79 Å². The molecule has 5 nitrogen and oxygen atoms in total. The maximum Gasteiger partial charge on any atom is 0.253 e. The van der Waals surface area contributed by atoms with Gasteiger partial charge in [0.2, 0.25) is 0 Å². The van der Waals surface area contributed by atoms with Crippen LogP contribution in [0.5, 0.6) is 0 Å². The number of aliphatic hydroxyl groups is 1. The maximum absolute atomic E-state index is 11.9.